The number of para-hydroxylation sites is 1. The number of carbonyl (C=O) groups excluding carboxylic acids is 2. The maximum absolute atomic E-state index is 13.5. The number of rotatable bonds is 7. The Hall–Kier alpha value is -3.02. The summed E-state index contributed by atoms with van der Waals surface area (Å²) in [7, 11) is 0. The van der Waals surface area contributed by atoms with Crippen LogP contribution in [-0.4, -0.2) is 28.8 Å². The largest absolute Gasteiger partial charge is 0.457 e. The number of fused-ring (bicyclic) bond motifs is 1. The second-order valence-corrected chi connectivity index (χ2v) is 10.7. The molecule has 3 aromatic rings. The van der Waals surface area contributed by atoms with Crippen molar-refractivity contribution in [3.8, 4) is 11.5 Å². The molecule has 186 valence electrons. The maximum Gasteiger partial charge on any atom is 0.243 e. The number of carbonyl (C=O) groups is 2. The monoisotopic (exact) mass is 522 g/mol. The minimum Gasteiger partial charge on any atom is -0.457 e. The zero-order valence-corrected chi connectivity index (χ0v) is 21.7. The van der Waals surface area contributed by atoms with Crippen LogP contribution in [0.15, 0.2) is 72.8 Å². The number of benzene rings is 3. The van der Waals surface area contributed by atoms with Crippen molar-refractivity contribution in [3.63, 3.8) is 0 Å². The number of amides is 2. The fourth-order valence-electron chi connectivity index (χ4n) is 5.44. The first-order valence-electron chi connectivity index (χ1n) is 12.1. The van der Waals surface area contributed by atoms with E-state index in [1.807, 2.05) is 65.6 Å². The Morgan fingerprint density at radius 3 is 2.42 bits per heavy atom. The molecule has 1 N–H and O–H groups in total. The maximum atomic E-state index is 13.5. The molecular formula is C29H28Cl2N2O3. The lowest BCUT2D eigenvalue weighted by Crippen LogP contribution is -2.49. The fraction of sp³-hybridized carbons (Fsp3) is 0.310. The first kappa shape index (κ1) is 24.7. The molecule has 1 heterocycles. The van der Waals surface area contributed by atoms with E-state index in [9.17, 15) is 9.59 Å². The summed E-state index contributed by atoms with van der Waals surface area (Å²) < 4.78 is 5.85. The molecule has 7 heteroatoms. The van der Waals surface area contributed by atoms with Crippen LogP contribution in [0.1, 0.15) is 31.4 Å². The molecule has 36 heavy (non-hydrogen) atoms. The number of hydrogen-bond donors (Lipinski definition) is 1. The molecule has 0 radical (unpaired) electrons. The van der Waals surface area contributed by atoms with Gasteiger partial charge in [0.05, 0.1) is 16.5 Å². The quantitative estimate of drug-likeness (QED) is 0.397. The molecule has 3 unspecified atom stereocenters. The Kier molecular flexibility index (Phi) is 6.71. The summed E-state index contributed by atoms with van der Waals surface area (Å²) in [4.78, 5) is 28.5. The second-order valence-electron chi connectivity index (χ2n) is 9.93. The summed E-state index contributed by atoms with van der Waals surface area (Å²) in [6.45, 7) is 4.58. The van der Waals surface area contributed by atoms with Gasteiger partial charge in [-0.2, -0.15) is 0 Å². The van der Waals surface area contributed by atoms with Gasteiger partial charge in [0, 0.05) is 12.6 Å². The molecule has 5 rings (SSSR count). The van der Waals surface area contributed by atoms with Crippen LogP contribution in [0, 0.1) is 11.3 Å². The average molecular weight is 523 g/mol. The van der Waals surface area contributed by atoms with Crippen molar-refractivity contribution in [2.24, 2.45) is 11.3 Å². The first-order chi connectivity index (χ1) is 17.3. The Morgan fingerprint density at radius 2 is 1.69 bits per heavy atom. The minimum atomic E-state index is -0.498. The van der Waals surface area contributed by atoms with Crippen LogP contribution in [0.2, 0.25) is 10.0 Å². The van der Waals surface area contributed by atoms with E-state index >= 15 is 0 Å². The highest BCUT2D eigenvalue weighted by Crippen LogP contribution is 2.63. The third-order valence-electron chi connectivity index (χ3n) is 7.68. The third-order valence-corrected chi connectivity index (χ3v) is 8.54. The van der Waals surface area contributed by atoms with Crippen molar-refractivity contribution in [1.29, 1.82) is 0 Å². The zero-order chi connectivity index (χ0) is 25.4. The molecule has 2 aliphatic rings. The predicted octanol–water partition coefficient (Wildman–Crippen LogP) is 6.27. The van der Waals surface area contributed by atoms with Gasteiger partial charge in [0.15, 0.2) is 0 Å². The lowest BCUT2D eigenvalue weighted by Gasteiger charge is -2.28. The third kappa shape index (κ3) is 4.70. The molecule has 1 aliphatic carbocycles. The summed E-state index contributed by atoms with van der Waals surface area (Å²) in [6, 6.07) is 22.0. The summed E-state index contributed by atoms with van der Waals surface area (Å²) in [6.07, 6.45) is 0.887. The van der Waals surface area contributed by atoms with Crippen molar-refractivity contribution in [1.82, 2.24) is 10.2 Å². The molecule has 4 atom stereocenters. The van der Waals surface area contributed by atoms with Crippen molar-refractivity contribution < 1.29 is 14.3 Å². The second kappa shape index (κ2) is 9.79. The number of nitrogens with one attached hydrogen (secondary N) is 1. The average Bonchev–Trinajstić information content (AvgIpc) is 3.22. The smallest absolute Gasteiger partial charge is 0.243 e. The summed E-state index contributed by atoms with van der Waals surface area (Å²) in [5.74, 6) is 1.64. The molecule has 2 amide bonds. The Morgan fingerprint density at radius 1 is 1.00 bits per heavy atom. The molecule has 0 bridgehead atoms. The van der Waals surface area contributed by atoms with Gasteiger partial charge in [-0.25, -0.2) is 0 Å². The minimum absolute atomic E-state index is 0.0290. The molecule has 1 saturated heterocycles. The van der Waals surface area contributed by atoms with Crippen LogP contribution in [0.4, 0.5) is 0 Å². The Labute approximate surface area is 221 Å². The van der Waals surface area contributed by atoms with E-state index in [4.69, 9.17) is 27.9 Å². The highest BCUT2D eigenvalue weighted by molar-refractivity contribution is 6.42. The van der Waals surface area contributed by atoms with E-state index in [0.717, 1.165) is 16.9 Å². The number of piperidine rings is 1. The van der Waals surface area contributed by atoms with Crippen molar-refractivity contribution in [2.45, 2.75) is 45.3 Å². The van der Waals surface area contributed by atoms with Gasteiger partial charge in [0.25, 0.3) is 0 Å². The van der Waals surface area contributed by atoms with Gasteiger partial charge in [-0.05, 0) is 59.2 Å². The predicted molar refractivity (Wildman–Crippen MR) is 141 cm³/mol. The summed E-state index contributed by atoms with van der Waals surface area (Å²) >= 11 is 12.4. The normalized spacial score (nSPS) is 24.2. The van der Waals surface area contributed by atoms with Crippen molar-refractivity contribution in [3.05, 3.63) is 94.0 Å². The van der Waals surface area contributed by atoms with Gasteiger partial charge in [-0.1, -0.05) is 79.5 Å². The van der Waals surface area contributed by atoms with Crippen LogP contribution >= 0.6 is 23.2 Å². The number of likely N-dealkylation sites (tertiary alicyclic amines) is 1. The summed E-state index contributed by atoms with van der Waals surface area (Å²) in [5.41, 5.74) is 1.60. The molecule has 0 aromatic heterocycles. The van der Waals surface area contributed by atoms with E-state index in [-0.39, 0.29) is 36.2 Å². The molecule has 2 fully saturated rings. The lowest BCUT2D eigenvalue weighted by atomic mass is 9.98. The van der Waals surface area contributed by atoms with Crippen molar-refractivity contribution in [2.75, 3.05) is 0 Å². The number of halogens is 2. The van der Waals surface area contributed by atoms with E-state index < -0.39 is 6.04 Å². The van der Waals surface area contributed by atoms with Gasteiger partial charge in [0.1, 0.15) is 17.5 Å². The van der Waals surface area contributed by atoms with E-state index in [1.165, 1.54) is 0 Å². The van der Waals surface area contributed by atoms with E-state index in [0.29, 0.717) is 28.1 Å². The molecule has 0 spiro atoms. The number of nitrogens with zero attached hydrogens (tertiary/aromatic N) is 1. The molecule has 1 saturated carbocycles. The van der Waals surface area contributed by atoms with Gasteiger partial charge < -0.3 is 15.0 Å². The zero-order valence-electron chi connectivity index (χ0n) is 20.2. The SMILES string of the molecule is CC1C2N(C(=O)Cc3ccc(Oc4ccccc4)cc3)C(C(=O)NCc3cccc(Cl)c3Cl)C[C@]12C. The van der Waals surface area contributed by atoms with Gasteiger partial charge in [-0.3, -0.25) is 9.59 Å². The van der Waals surface area contributed by atoms with E-state index in [2.05, 4.69) is 19.2 Å². The number of ether oxygens (including phenoxy) is 1. The molecular weight excluding hydrogens is 495 g/mol. The van der Waals surface area contributed by atoms with Crippen LogP contribution in [-0.2, 0) is 22.6 Å². The van der Waals surface area contributed by atoms with Crippen LogP contribution in [0.3, 0.4) is 0 Å². The Bertz CT molecular complexity index is 1280. The molecule has 5 nitrogen and oxygen atoms in total. The van der Waals surface area contributed by atoms with Crippen LogP contribution in [0.25, 0.3) is 0 Å². The highest BCUT2D eigenvalue weighted by atomic mass is 35.5. The van der Waals surface area contributed by atoms with Crippen LogP contribution in [0.5, 0.6) is 11.5 Å². The first-order valence-corrected chi connectivity index (χ1v) is 12.9. The van der Waals surface area contributed by atoms with Gasteiger partial charge >= 0.3 is 0 Å². The van der Waals surface area contributed by atoms with Gasteiger partial charge in [0.2, 0.25) is 11.8 Å². The van der Waals surface area contributed by atoms with E-state index in [1.54, 1.807) is 12.1 Å². The molecule has 1 aliphatic heterocycles. The van der Waals surface area contributed by atoms with Crippen molar-refractivity contribution >= 4 is 35.0 Å². The highest BCUT2D eigenvalue weighted by Gasteiger charge is 2.69. The topological polar surface area (TPSA) is 58.6 Å². The molecule has 3 aromatic carbocycles. The fourth-order valence-corrected chi connectivity index (χ4v) is 5.83. The summed E-state index contributed by atoms with van der Waals surface area (Å²) in [5, 5.41) is 3.85. The Balaban J connectivity index is 1.25. The standard InChI is InChI=1S/C29H28Cl2N2O3/c1-18-27-29(18,2)16-24(28(35)32-17-20-7-6-10-23(30)26(20)31)33(27)25(34)15-19-11-13-22(14-12-19)36-21-8-4-3-5-9-21/h3-14,18,24,27H,15-17H2,1-2H3,(H,32,35)/t18?,24?,27?,29-/m1/s1. The lowest BCUT2D eigenvalue weighted by molar-refractivity contribution is -0.139. The van der Waals surface area contributed by atoms with Gasteiger partial charge in [-0.15, -0.1) is 0 Å². The van der Waals surface area contributed by atoms with Crippen LogP contribution < -0.4 is 10.1 Å². The number of hydrogen-bond acceptors (Lipinski definition) is 3.